The molecule has 5 nitrogen and oxygen atoms in total. The number of fused-ring (bicyclic) bond motifs is 1. The molecular weight excluding hydrogens is 326 g/mol. The van der Waals surface area contributed by atoms with Gasteiger partial charge in [-0.05, 0) is 30.7 Å². The lowest BCUT2D eigenvalue weighted by Gasteiger charge is -2.17. The number of nitrogens with one attached hydrogen (secondary N) is 1. The maximum absolute atomic E-state index is 12.2. The quantitative estimate of drug-likeness (QED) is 0.733. The van der Waals surface area contributed by atoms with Gasteiger partial charge in [-0.15, -0.1) is 0 Å². The van der Waals surface area contributed by atoms with E-state index in [0.29, 0.717) is 18.5 Å². The molecule has 0 aliphatic heterocycles. The van der Waals surface area contributed by atoms with E-state index in [1.54, 1.807) is 18.1 Å². The Morgan fingerprint density at radius 1 is 0.962 bits per heavy atom. The lowest BCUT2D eigenvalue weighted by Crippen LogP contribution is -2.26. The van der Waals surface area contributed by atoms with Crippen molar-refractivity contribution in [3.8, 4) is 0 Å². The molecule has 0 aliphatic rings. The van der Waals surface area contributed by atoms with Crippen molar-refractivity contribution < 1.29 is 9.59 Å². The third-order valence-electron chi connectivity index (χ3n) is 4.22. The highest BCUT2D eigenvalue weighted by Crippen LogP contribution is 2.21. The number of hydrogen-bond acceptors (Lipinski definition) is 3. The number of nitrogens with zero attached hydrogens (tertiary/aromatic N) is 2. The fourth-order valence-electron chi connectivity index (χ4n) is 2.78. The minimum absolute atomic E-state index is 0.00386. The largest absolute Gasteiger partial charge is 0.324 e. The van der Waals surface area contributed by atoms with Gasteiger partial charge in [0.15, 0.2) is 0 Å². The number of para-hydroxylation sites is 2. The zero-order valence-electron chi connectivity index (χ0n) is 14.7. The average molecular weight is 347 g/mol. The number of pyridine rings is 1. The standard InChI is InChI=1S/C21H21N3O2/c1-24(17-10-3-2-4-11-17)20(26)14-6-13-19(25)23-18-12-5-8-16-9-7-15-22-21(16)18/h2-5,7-12,15H,6,13-14H2,1H3,(H,23,25). The van der Waals surface area contributed by atoms with E-state index in [1.807, 2.05) is 60.7 Å². The Balaban J connectivity index is 1.52. The van der Waals surface area contributed by atoms with Gasteiger partial charge in [0.25, 0.3) is 0 Å². The van der Waals surface area contributed by atoms with E-state index in [1.165, 1.54) is 0 Å². The van der Waals surface area contributed by atoms with Crippen LogP contribution in [0.15, 0.2) is 66.9 Å². The number of carbonyl (C=O) groups excluding carboxylic acids is 2. The van der Waals surface area contributed by atoms with Crippen molar-refractivity contribution in [2.75, 3.05) is 17.3 Å². The van der Waals surface area contributed by atoms with Crippen LogP contribution in [0, 0.1) is 0 Å². The summed E-state index contributed by atoms with van der Waals surface area (Å²) >= 11 is 0. The molecule has 5 heteroatoms. The van der Waals surface area contributed by atoms with Gasteiger partial charge in [0.2, 0.25) is 11.8 Å². The summed E-state index contributed by atoms with van der Waals surface area (Å²) in [4.78, 5) is 30.4. The molecule has 0 atom stereocenters. The summed E-state index contributed by atoms with van der Waals surface area (Å²) in [5.41, 5.74) is 2.31. The van der Waals surface area contributed by atoms with Crippen LogP contribution in [0.5, 0.6) is 0 Å². The molecule has 2 aromatic carbocycles. The fourth-order valence-corrected chi connectivity index (χ4v) is 2.78. The van der Waals surface area contributed by atoms with E-state index < -0.39 is 0 Å². The number of amides is 2. The van der Waals surface area contributed by atoms with Gasteiger partial charge in [0, 0.05) is 37.2 Å². The summed E-state index contributed by atoms with van der Waals surface area (Å²) in [5, 5.41) is 3.87. The Morgan fingerprint density at radius 2 is 1.73 bits per heavy atom. The minimum atomic E-state index is -0.113. The van der Waals surface area contributed by atoms with E-state index in [4.69, 9.17) is 0 Å². The molecule has 1 heterocycles. The first-order valence-corrected chi connectivity index (χ1v) is 8.60. The first-order valence-electron chi connectivity index (χ1n) is 8.60. The predicted molar refractivity (Wildman–Crippen MR) is 104 cm³/mol. The van der Waals surface area contributed by atoms with Crippen LogP contribution in [0.25, 0.3) is 10.9 Å². The Morgan fingerprint density at radius 3 is 2.54 bits per heavy atom. The smallest absolute Gasteiger partial charge is 0.226 e. The lowest BCUT2D eigenvalue weighted by atomic mass is 10.1. The van der Waals surface area contributed by atoms with Crippen LogP contribution in [-0.2, 0) is 9.59 Å². The molecule has 3 aromatic rings. The SMILES string of the molecule is CN(C(=O)CCCC(=O)Nc1cccc2cccnc12)c1ccccc1. The zero-order valence-corrected chi connectivity index (χ0v) is 14.7. The molecule has 1 aromatic heterocycles. The molecule has 0 unspecified atom stereocenters. The van der Waals surface area contributed by atoms with Gasteiger partial charge in [-0.3, -0.25) is 14.6 Å². The van der Waals surface area contributed by atoms with Crippen LogP contribution >= 0.6 is 0 Å². The number of carbonyl (C=O) groups is 2. The summed E-state index contributed by atoms with van der Waals surface area (Å²) < 4.78 is 0. The fraction of sp³-hybridized carbons (Fsp3) is 0.190. The van der Waals surface area contributed by atoms with E-state index in [0.717, 1.165) is 16.6 Å². The molecule has 132 valence electrons. The second-order valence-corrected chi connectivity index (χ2v) is 6.07. The Bertz CT molecular complexity index is 904. The van der Waals surface area contributed by atoms with Crippen LogP contribution < -0.4 is 10.2 Å². The van der Waals surface area contributed by atoms with Gasteiger partial charge >= 0.3 is 0 Å². The number of aromatic nitrogens is 1. The van der Waals surface area contributed by atoms with Crippen molar-refractivity contribution in [3.63, 3.8) is 0 Å². The second kappa shape index (κ2) is 8.25. The summed E-state index contributed by atoms with van der Waals surface area (Å²) in [6.07, 6.45) is 2.82. The van der Waals surface area contributed by atoms with Crippen molar-refractivity contribution in [1.82, 2.24) is 4.98 Å². The molecule has 0 fully saturated rings. The first kappa shape index (κ1) is 17.6. The van der Waals surface area contributed by atoms with Crippen LogP contribution in [0.2, 0.25) is 0 Å². The molecule has 2 amide bonds. The van der Waals surface area contributed by atoms with Crippen molar-refractivity contribution in [2.45, 2.75) is 19.3 Å². The van der Waals surface area contributed by atoms with Gasteiger partial charge in [0.05, 0.1) is 11.2 Å². The topological polar surface area (TPSA) is 62.3 Å². The second-order valence-electron chi connectivity index (χ2n) is 6.07. The predicted octanol–water partition coefficient (Wildman–Crippen LogP) is 4.01. The molecule has 0 spiro atoms. The summed E-state index contributed by atoms with van der Waals surface area (Å²) in [6.45, 7) is 0. The molecule has 0 radical (unpaired) electrons. The Labute approximate surface area is 152 Å². The highest BCUT2D eigenvalue weighted by Gasteiger charge is 2.12. The Kier molecular flexibility index (Phi) is 5.59. The number of anilines is 2. The summed E-state index contributed by atoms with van der Waals surface area (Å²) in [6, 6.07) is 19.0. The molecule has 1 N–H and O–H groups in total. The molecule has 0 saturated carbocycles. The molecular formula is C21H21N3O2. The highest BCUT2D eigenvalue weighted by molar-refractivity contribution is 6.00. The van der Waals surface area contributed by atoms with Crippen LogP contribution in [0.4, 0.5) is 11.4 Å². The molecule has 0 aliphatic carbocycles. The summed E-state index contributed by atoms with van der Waals surface area (Å²) in [5.74, 6) is -0.117. The zero-order chi connectivity index (χ0) is 18.4. The third kappa shape index (κ3) is 4.25. The van der Waals surface area contributed by atoms with Crippen molar-refractivity contribution in [2.24, 2.45) is 0 Å². The number of hydrogen-bond donors (Lipinski definition) is 1. The monoisotopic (exact) mass is 347 g/mol. The first-order chi connectivity index (χ1) is 12.6. The van der Waals surface area contributed by atoms with Gasteiger partial charge in [-0.1, -0.05) is 36.4 Å². The number of rotatable bonds is 6. The maximum Gasteiger partial charge on any atom is 0.226 e. The van der Waals surface area contributed by atoms with E-state index in [9.17, 15) is 9.59 Å². The Hall–Kier alpha value is -3.21. The van der Waals surface area contributed by atoms with E-state index in [-0.39, 0.29) is 18.2 Å². The average Bonchev–Trinajstić information content (AvgIpc) is 2.68. The van der Waals surface area contributed by atoms with Gasteiger partial charge in [0.1, 0.15) is 0 Å². The van der Waals surface area contributed by atoms with Crippen molar-refractivity contribution >= 4 is 34.1 Å². The molecule has 0 saturated heterocycles. The minimum Gasteiger partial charge on any atom is -0.324 e. The maximum atomic E-state index is 12.2. The van der Waals surface area contributed by atoms with Crippen LogP contribution in [0.3, 0.4) is 0 Å². The van der Waals surface area contributed by atoms with E-state index in [2.05, 4.69) is 10.3 Å². The van der Waals surface area contributed by atoms with Crippen LogP contribution in [-0.4, -0.2) is 23.8 Å². The van der Waals surface area contributed by atoms with Crippen molar-refractivity contribution in [3.05, 3.63) is 66.9 Å². The molecule has 0 bridgehead atoms. The highest BCUT2D eigenvalue weighted by atomic mass is 16.2. The van der Waals surface area contributed by atoms with Crippen molar-refractivity contribution in [1.29, 1.82) is 0 Å². The normalized spacial score (nSPS) is 10.5. The third-order valence-corrected chi connectivity index (χ3v) is 4.22. The van der Waals surface area contributed by atoms with Crippen LogP contribution in [0.1, 0.15) is 19.3 Å². The number of benzene rings is 2. The summed E-state index contributed by atoms with van der Waals surface area (Å²) in [7, 11) is 1.75. The van der Waals surface area contributed by atoms with Gasteiger partial charge in [-0.2, -0.15) is 0 Å². The lowest BCUT2D eigenvalue weighted by molar-refractivity contribution is -0.118. The van der Waals surface area contributed by atoms with Gasteiger partial charge < -0.3 is 10.2 Å². The molecule has 26 heavy (non-hydrogen) atoms. The van der Waals surface area contributed by atoms with Gasteiger partial charge in [-0.25, -0.2) is 0 Å². The van der Waals surface area contributed by atoms with E-state index >= 15 is 0 Å². The molecule has 3 rings (SSSR count).